The summed E-state index contributed by atoms with van der Waals surface area (Å²) in [5.41, 5.74) is 1.89. The maximum atomic E-state index is 10.4. The number of methoxy groups -OCH3 is 2. The van der Waals surface area contributed by atoms with Gasteiger partial charge >= 0.3 is 0 Å². The van der Waals surface area contributed by atoms with E-state index in [1.807, 2.05) is 42.5 Å². The fourth-order valence-corrected chi connectivity index (χ4v) is 2.44. The smallest absolute Gasteiger partial charge is 0.160 e. The Morgan fingerprint density at radius 1 is 1.08 bits per heavy atom. The Hall–Kier alpha value is -2.64. The summed E-state index contributed by atoms with van der Waals surface area (Å²) >= 11 is 0. The van der Waals surface area contributed by atoms with Crippen molar-refractivity contribution in [3.63, 3.8) is 0 Å². The number of ether oxygens (including phenoxy) is 3. The second-order valence-electron chi connectivity index (χ2n) is 5.31. The lowest BCUT2D eigenvalue weighted by molar-refractivity contribution is 0.167. The standard InChI is InChI=1S/C20H22O4/c1-4-12-24-17-7-5-6-16(14-17)18(21)10-8-15-9-11-19(22-2)20(13-15)23-3/h1,5-7,9,11,13-14,18,21H,8,10,12H2,2-3H3. The van der Waals surface area contributed by atoms with Crippen molar-refractivity contribution in [1.29, 1.82) is 0 Å². The molecule has 1 atom stereocenters. The van der Waals surface area contributed by atoms with Gasteiger partial charge in [-0.3, -0.25) is 0 Å². The molecule has 0 aliphatic rings. The second kappa shape index (κ2) is 8.85. The van der Waals surface area contributed by atoms with Crippen molar-refractivity contribution >= 4 is 0 Å². The molecule has 0 bridgehead atoms. The van der Waals surface area contributed by atoms with Crippen molar-refractivity contribution in [3.05, 3.63) is 53.6 Å². The van der Waals surface area contributed by atoms with Gasteiger partial charge in [-0.15, -0.1) is 6.42 Å². The van der Waals surface area contributed by atoms with Gasteiger partial charge in [0.2, 0.25) is 0 Å². The first kappa shape index (κ1) is 17.7. The highest BCUT2D eigenvalue weighted by atomic mass is 16.5. The lowest BCUT2D eigenvalue weighted by Gasteiger charge is -2.14. The van der Waals surface area contributed by atoms with Crippen molar-refractivity contribution in [2.75, 3.05) is 20.8 Å². The maximum absolute atomic E-state index is 10.4. The molecule has 0 spiro atoms. The molecule has 0 amide bonds. The summed E-state index contributed by atoms with van der Waals surface area (Å²) in [6.07, 6.45) is 5.92. The Labute approximate surface area is 143 Å². The van der Waals surface area contributed by atoms with E-state index >= 15 is 0 Å². The molecule has 0 saturated heterocycles. The van der Waals surface area contributed by atoms with Gasteiger partial charge in [0.05, 0.1) is 20.3 Å². The molecule has 1 N–H and O–H groups in total. The predicted octanol–water partition coefficient (Wildman–Crippen LogP) is 3.38. The van der Waals surface area contributed by atoms with E-state index in [0.717, 1.165) is 17.5 Å². The minimum atomic E-state index is -0.576. The van der Waals surface area contributed by atoms with E-state index in [9.17, 15) is 5.11 Å². The van der Waals surface area contributed by atoms with Gasteiger partial charge in [-0.25, -0.2) is 0 Å². The summed E-state index contributed by atoms with van der Waals surface area (Å²) in [6, 6.07) is 13.1. The summed E-state index contributed by atoms with van der Waals surface area (Å²) in [5.74, 6) is 4.47. The third-order valence-corrected chi connectivity index (χ3v) is 3.72. The lowest BCUT2D eigenvalue weighted by atomic mass is 10.0. The summed E-state index contributed by atoms with van der Waals surface area (Å²) in [5, 5.41) is 10.4. The predicted molar refractivity (Wildman–Crippen MR) is 93.6 cm³/mol. The van der Waals surface area contributed by atoms with Crippen LogP contribution in [0.4, 0.5) is 0 Å². The van der Waals surface area contributed by atoms with E-state index in [0.29, 0.717) is 23.7 Å². The Morgan fingerprint density at radius 3 is 2.58 bits per heavy atom. The zero-order chi connectivity index (χ0) is 17.4. The molecule has 0 aromatic heterocycles. The molecule has 2 rings (SSSR count). The normalized spacial score (nSPS) is 11.4. The fraction of sp³-hybridized carbons (Fsp3) is 0.300. The quantitative estimate of drug-likeness (QED) is 0.756. The van der Waals surface area contributed by atoms with Crippen LogP contribution in [0.3, 0.4) is 0 Å². The average Bonchev–Trinajstić information content (AvgIpc) is 2.64. The highest BCUT2D eigenvalue weighted by Crippen LogP contribution is 2.29. The van der Waals surface area contributed by atoms with Crippen LogP contribution in [0.1, 0.15) is 23.7 Å². The molecule has 24 heavy (non-hydrogen) atoms. The second-order valence-corrected chi connectivity index (χ2v) is 5.31. The maximum Gasteiger partial charge on any atom is 0.160 e. The molecule has 0 fully saturated rings. The molecule has 1 unspecified atom stereocenters. The third kappa shape index (κ3) is 4.68. The van der Waals surface area contributed by atoms with Gasteiger partial charge in [0.15, 0.2) is 11.5 Å². The molecule has 0 aliphatic heterocycles. The van der Waals surface area contributed by atoms with Crippen molar-refractivity contribution in [2.45, 2.75) is 18.9 Å². The third-order valence-electron chi connectivity index (χ3n) is 3.72. The summed E-state index contributed by atoms with van der Waals surface area (Å²) in [6.45, 7) is 0.213. The molecule has 2 aromatic rings. The van der Waals surface area contributed by atoms with Crippen LogP contribution in [0.15, 0.2) is 42.5 Å². The van der Waals surface area contributed by atoms with Gasteiger partial charge in [-0.05, 0) is 48.2 Å². The van der Waals surface area contributed by atoms with Crippen molar-refractivity contribution < 1.29 is 19.3 Å². The molecular weight excluding hydrogens is 304 g/mol. The number of hydrogen-bond acceptors (Lipinski definition) is 4. The van der Waals surface area contributed by atoms with E-state index in [-0.39, 0.29) is 6.61 Å². The highest BCUT2D eigenvalue weighted by molar-refractivity contribution is 5.43. The van der Waals surface area contributed by atoms with E-state index in [1.165, 1.54) is 0 Å². The molecule has 4 nitrogen and oxygen atoms in total. The van der Waals surface area contributed by atoms with Crippen LogP contribution in [0.25, 0.3) is 0 Å². The Kier molecular flexibility index (Phi) is 6.53. The first-order valence-electron chi connectivity index (χ1n) is 7.73. The van der Waals surface area contributed by atoms with Crippen LogP contribution in [0.5, 0.6) is 17.2 Å². The van der Waals surface area contributed by atoms with Gasteiger partial charge in [-0.1, -0.05) is 24.1 Å². The zero-order valence-electron chi connectivity index (χ0n) is 14.0. The molecular formula is C20H22O4. The number of aryl methyl sites for hydroxylation is 1. The van der Waals surface area contributed by atoms with Crippen LogP contribution in [0, 0.1) is 12.3 Å². The van der Waals surface area contributed by atoms with Crippen molar-refractivity contribution in [3.8, 4) is 29.6 Å². The largest absolute Gasteiger partial charge is 0.493 e. The van der Waals surface area contributed by atoms with Gasteiger partial charge < -0.3 is 19.3 Å². The Balaban J connectivity index is 2.00. The highest BCUT2D eigenvalue weighted by Gasteiger charge is 2.10. The number of hydrogen-bond donors (Lipinski definition) is 1. The van der Waals surface area contributed by atoms with Gasteiger partial charge in [-0.2, -0.15) is 0 Å². The summed E-state index contributed by atoms with van der Waals surface area (Å²) in [7, 11) is 3.22. The summed E-state index contributed by atoms with van der Waals surface area (Å²) in [4.78, 5) is 0. The van der Waals surface area contributed by atoms with E-state index < -0.39 is 6.10 Å². The molecule has 2 aromatic carbocycles. The molecule has 0 saturated carbocycles. The molecule has 126 valence electrons. The Morgan fingerprint density at radius 2 is 1.88 bits per heavy atom. The van der Waals surface area contributed by atoms with Crippen LogP contribution in [0.2, 0.25) is 0 Å². The Bertz CT molecular complexity index is 703. The first-order chi connectivity index (χ1) is 11.7. The van der Waals surface area contributed by atoms with Crippen LogP contribution in [-0.2, 0) is 6.42 Å². The minimum Gasteiger partial charge on any atom is -0.493 e. The van der Waals surface area contributed by atoms with Gasteiger partial charge in [0, 0.05) is 0 Å². The summed E-state index contributed by atoms with van der Waals surface area (Å²) < 4.78 is 15.9. The van der Waals surface area contributed by atoms with E-state index in [4.69, 9.17) is 20.6 Å². The number of rotatable bonds is 8. The average molecular weight is 326 g/mol. The topological polar surface area (TPSA) is 47.9 Å². The van der Waals surface area contributed by atoms with Gasteiger partial charge in [0.1, 0.15) is 12.4 Å². The number of benzene rings is 2. The SMILES string of the molecule is C#CCOc1cccc(C(O)CCc2ccc(OC)c(OC)c2)c1. The molecule has 4 heteroatoms. The van der Waals surface area contributed by atoms with Crippen molar-refractivity contribution in [2.24, 2.45) is 0 Å². The van der Waals surface area contributed by atoms with Crippen LogP contribution >= 0.6 is 0 Å². The van der Waals surface area contributed by atoms with Gasteiger partial charge in [0.25, 0.3) is 0 Å². The number of aliphatic hydroxyl groups is 1. The van der Waals surface area contributed by atoms with E-state index in [1.54, 1.807) is 14.2 Å². The molecule has 0 radical (unpaired) electrons. The van der Waals surface area contributed by atoms with E-state index in [2.05, 4.69) is 5.92 Å². The molecule has 0 heterocycles. The van der Waals surface area contributed by atoms with Crippen LogP contribution in [-0.4, -0.2) is 25.9 Å². The van der Waals surface area contributed by atoms with Crippen LogP contribution < -0.4 is 14.2 Å². The lowest BCUT2D eigenvalue weighted by Crippen LogP contribution is -2.01. The molecule has 0 aliphatic carbocycles. The number of aliphatic hydroxyl groups excluding tert-OH is 1. The van der Waals surface area contributed by atoms with Crippen molar-refractivity contribution in [1.82, 2.24) is 0 Å². The monoisotopic (exact) mass is 326 g/mol. The zero-order valence-corrected chi connectivity index (χ0v) is 14.0. The fourth-order valence-electron chi connectivity index (χ4n) is 2.44. The minimum absolute atomic E-state index is 0.213. The first-order valence-corrected chi connectivity index (χ1v) is 7.73. The number of terminal acetylenes is 1.